The molecule has 1 aliphatic heterocycles. The van der Waals surface area contributed by atoms with E-state index < -0.39 is 10.0 Å². The first-order valence-corrected chi connectivity index (χ1v) is 10.5. The Kier molecular flexibility index (Phi) is 5.83. The van der Waals surface area contributed by atoms with Crippen LogP contribution < -0.4 is 5.32 Å². The summed E-state index contributed by atoms with van der Waals surface area (Å²) >= 11 is 1.57. The zero-order valence-electron chi connectivity index (χ0n) is 14.6. The molecule has 1 heterocycles. The number of hydrogen-bond donors (Lipinski definition) is 1. The predicted molar refractivity (Wildman–Crippen MR) is 96.8 cm³/mol. The van der Waals surface area contributed by atoms with Crippen molar-refractivity contribution in [1.82, 2.24) is 14.5 Å². The van der Waals surface area contributed by atoms with Gasteiger partial charge in [0.05, 0.1) is 4.90 Å². The van der Waals surface area contributed by atoms with Gasteiger partial charge in [-0.15, -0.1) is 11.8 Å². The van der Waals surface area contributed by atoms with E-state index in [1.807, 2.05) is 39.2 Å². The van der Waals surface area contributed by atoms with E-state index in [1.165, 1.54) is 4.31 Å². The maximum Gasteiger partial charge on any atom is 0.317 e. The molecule has 0 bridgehead atoms. The number of thioether (sulfide) groups is 1. The Hall–Kier alpha value is -1.25. The summed E-state index contributed by atoms with van der Waals surface area (Å²) < 4.78 is 26.8. The van der Waals surface area contributed by atoms with Gasteiger partial charge in [-0.1, -0.05) is 0 Å². The number of benzene rings is 1. The molecule has 6 nitrogen and oxygen atoms in total. The Morgan fingerprint density at radius 3 is 2.08 bits per heavy atom. The van der Waals surface area contributed by atoms with Crippen LogP contribution in [0.3, 0.4) is 0 Å². The van der Waals surface area contributed by atoms with Crippen LogP contribution in [0.2, 0.25) is 0 Å². The first kappa shape index (κ1) is 19.1. The summed E-state index contributed by atoms with van der Waals surface area (Å²) in [5, 5.41) is 2.90. The molecule has 2 rings (SSSR count). The van der Waals surface area contributed by atoms with Crippen LogP contribution in [0.4, 0.5) is 4.79 Å². The third kappa shape index (κ3) is 4.64. The maximum atomic E-state index is 12.7. The number of carbonyl (C=O) groups excluding carboxylic acids is 1. The van der Waals surface area contributed by atoms with Gasteiger partial charge in [-0.05, 0) is 51.3 Å². The molecule has 1 aromatic carbocycles. The van der Waals surface area contributed by atoms with Crippen LogP contribution >= 0.6 is 11.8 Å². The molecule has 1 aromatic rings. The van der Waals surface area contributed by atoms with E-state index >= 15 is 0 Å². The van der Waals surface area contributed by atoms with Crippen molar-refractivity contribution >= 4 is 27.8 Å². The molecular formula is C16H25N3O3S2. The largest absolute Gasteiger partial charge is 0.333 e. The molecule has 134 valence electrons. The predicted octanol–water partition coefficient (Wildman–Crippen LogP) is 2.22. The third-order valence-corrected chi connectivity index (χ3v) is 6.36. The van der Waals surface area contributed by atoms with E-state index in [0.29, 0.717) is 31.1 Å². The van der Waals surface area contributed by atoms with Gasteiger partial charge in [0.25, 0.3) is 0 Å². The Morgan fingerprint density at radius 1 is 1.08 bits per heavy atom. The van der Waals surface area contributed by atoms with E-state index in [2.05, 4.69) is 5.32 Å². The van der Waals surface area contributed by atoms with Crippen LogP contribution in [0.1, 0.15) is 20.8 Å². The number of nitrogens with zero attached hydrogens (tertiary/aromatic N) is 2. The highest BCUT2D eigenvalue weighted by Crippen LogP contribution is 2.21. The normalized spacial score (nSPS) is 16.9. The van der Waals surface area contributed by atoms with Crippen LogP contribution in [0, 0.1) is 0 Å². The number of rotatable bonds is 3. The zero-order valence-corrected chi connectivity index (χ0v) is 16.2. The number of urea groups is 1. The molecule has 0 saturated carbocycles. The quantitative estimate of drug-likeness (QED) is 0.827. The van der Waals surface area contributed by atoms with Crippen LogP contribution in [0.15, 0.2) is 34.1 Å². The molecule has 24 heavy (non-hydrogen) atoms. The van der Waals surface area contributed by atoms with Gasteiger partial charge in [0.15, 0.2) is 0 Å². The second kappa shape index (κ2) is 7.33. The zero-order chi connectivity index (χ0) is 18.0. The highest BCUT2D eigenvalue weighted by atomic mass is 32.2. The molecule has 0 radical (unpaired) electrons. The Balaban J connectivity index is 2.01. The minimum atomic E-state index is -3.51. The van der Waals surface area contributed by atoms with Crippen molar-refractivity contribution in [1.29, 1.82) is 0 Å². The molecule has 0 unspecified atom stereocenters. The van der Waals surface area contributed by atoms with Crippen molar-refractivity contribution in [3.8, 4) is 0 Å². The summed E-state index contributed by atoms with van der Waals surface area (Å²) in [6, 6.07) is 6.75. The van der Waals surface area contributed by atoms with Gasteiger partial charge < -0.3 is 10.2 Å². The summed E-state index contributed by atoms with van der Waals surface area (Å²) in [7, 11) is -3.51. The second-order valence-corrected chi connectivity index (χ2v) is 9.56. The van der Waals surface area contributed by atoms with Crippen molar-refractivity contribution in [2.45, 2.75) is 36.1 Å². The molecule has 0 aliphatic carbocycles. The van der Waals surface area contributed by atoms with Gasteiger partial charge in [-0.2, -0.15) is 4.31 Å². The highest BCUT2D eigenvalue weighted by molar-refractivity contribution is 7.98. The minimum Gasteiger partial charge on any atom is -0.333 e. The lowest BCUT2D eigenvalue weighted by Gasteiger charge is -2.35. The minimum absolute atomic E-state index is 0.149. The number of piperazine rings is 1. The lowest BCUT2D eigenvalue weighted by atomic mass is 10.1. The molecule has 8 heteroatoms. The van der Waals surface area contributed by atoms with Gasteiger partial charge in [0.1, 0.15) is 0 Å². The Bertz CT molecular complexity index is 674. The van der Waals surface area contributed by atoms with Crippen molar-refractivity contribution in [2.75, 3.05) is 32.4 Å². The van der Waals surface area contributed by atoms with Crippen LogP contribution in [0.5, 0.6) is 0 Å². The summed E-state index contributed by atoms with van der Waals surface area (Å²) in [6.07, 6.45) is 1.95. The second-order valence-electron chi connectivity index (χ2n) is 6.75. The molecule has 1 saturated heterocycles. The lowest BCUT2D eigenvalue weighted by molar-refractivity contribution is 0.165. The summed E-state index contributed by atoms with van der Waals surface area (Å²) in [5.74, 6) is 0. The monoisotopic (exact) mass is 371 g/mol. The fraction of sp³-hybridized carbons (Fsp3) is 0.562. The van der Waals surface area contributed by atoms with Crippen molar-refractivity contribution in [2.24, 2.45) is 0 Å². The highest BCUT2D eigenvalue weighted by Gasteiger charge is 2.30. The van der Waals surface area contributed by atoms with E-state index in [1.54, 1.807) is 28.8 Å². The van der Waals surface area contributed by atoms with Gasteiger partial charge in [-0.3, -0.25) is 0 Å². The molecule has 2 amide bonds. The van der Waals surface area contributed by atoms with Crippen LogP contribution in [-0.2, 0) is 10.0 Å². The van der Waals surface area contributed by atoms with Crippen molar-refractivity contribution < 1.29 is 13.2 Å². The van der Waals surface area contributed by atoms with Gasteiger partial charge in [0, 0.05) is 36.6 Å². The molecule has 0 aromatic heterocycles. The number of hydrogen-bond acceptors (Lipinski definition) is 4. The van der Waals surface area contributed by atoms with Gasteiger partial charge >= 0.3 is 6.03 Å². The molecule has 1 aliphatic rings. The van der Waals surface area contributed by atoms with Crippen molar-refractivity contribution in [3.05, 3.63) is 24.3 Å². The fourth-order valence-corrected chi connectivity index (χ4v) is 4.26. The van der Waals surface area contributed by atoms with Crippen LogP contribution in [0.25, 0.3) is 0 Å². The fourth-order valence-electron chi connectivity index (χ4n) is 2.43. The third-order valence-electron chi connectivity index (χ3n) is 3.70. The average molecular weight is 372 g/mol. The molecular weight excluding hydrogens is 346 g/mol. The maximum absolute atomic E-state index is 12.7. The van der Waals surface area contributed by atoms with E-state index in [9.17, 15) is 13.2 Å². The topological polar surface area (TPSA) is 69.7 Å². The van der Waals surface area contributed by atoms with Crippen LogP contribution in [-0.4, -0.2) is 61.6 Å². The SMILES string of the molecule is CSc1ccc(S(=O)(=O)N2CCN(C(=O)NC(C)(C)C)CC2)cc1. The first-order chi connectivity index (χ1) is 11.1. The Morgan fingerprint density at radius 2 is 1.62 bits per heavy atom. The first-order valence-electron chi connectivity index (χ1n) is 7.85. The summed E-state index contributed by atoms with van der Waals surface area (Å²) in [5.41, 5.74) is -0.306. The molecule has 1 fully saturated rings. The van der Waals surface area contributed by atoms with Gasteiger partial charge in [0.2, 0.25) is 10.0 Å². The number of nitrogens with one attached hydrogen (secondary N) is 1. The van der Waals surface area contributed by atoms with E-state index in [4.69, 9.17) is 0 Å². The molecule has 1 N–H and O–H groups in total. The molecule has 0 spiro atoms. The van der Waals surface area contributed by atoms with Crippen molar-refractivity contribution in [3.63, 3.8) is 0 Å². The van der Waals surface area contributed by atoms with Gasteiger partial charge in [-0.25, -0.2) is 13.2 Å². The number of sulfonamides is 1. The standard InChI is InChI=1S/C16H25N3O3S2/c1-16(2,3)17-15(20)18-9-11-19(12-10-18)24(21,22)14-7-5-13(23-4)6-8-14/h5-8H,9-12H2,1-4H3,(H,17,20). The number of carbonyl (C=O) groups is 1. The average Bonchev–Trinajstić information content (AvgIpc) is 2.53. The summed E-state index contributed by atoms with van der Waals surface area (Å²) in [6.45, 7) is 7.17. The molecule has 0 atom stereocenters. The summed E-state index contributed by atoms with van der Waals surface area (Å²) in [4.78, 5) is 15.1. The van der Waals surface area contributed by atoms with E-state index in [-0.39, 0.29) is 11.6 Å². The lowest BCUT2D eigenvalue weighted by Crippen LogP contribution is -2.55. The Labute approximate surface area is 148 Å². The smallest absolute Gasteiger partial charge is 0.317 e. The van der Waals surface area contributed by atoms with E-state index in [0.717, 1.165) is 4.90 Å². The number of amides is 2.